The molecule has 4 heteroatoms. The van der Waals surface area contributed by atoms with Crippen molar-refractivity contribution in [1.29, 1.82) is 0 Å². The van der Waals surface area contributed by atoms with Gasteiger partial charge >= 0.3 is 0 Å². The molecule has 1 aliphatic heterocycles. The van der Waals surface area contributed by atoms with Crippen LogP contribution in [-0.4, -0.2) is 44.4 Å². The second kappa shape index (κ2) is 4.94. The largest absolute Gasteiger partial charge is 0.504 e. The predicted octanol–water partition coefficient (Wildman–Crippen LogP) is 1.58. The van der Waals surface area contributed by atoms with Crippen LogP contribution < -0.4 is 4.74 Å². The molecule has 1 unspecified atom stereocenters. The highest BCUT2D eigenvalue weighted by Crippen LogP contribution is 2.36. The van der Waals surface area contributed by atoms with Gasteiger partial charge in [0.1, 0.15) is 0 Å². The van der Waals surface area contributed by atoms with Crippen LogP contribution in [0.15, 0.2) is 12.1 Å². The van der Waals surface area contributed by atoms with Crippen LogP contribution in [0.2, 0.25) is 0 Å². The van der Waals surface area contributed by atoms with Crippen molar-refractivity contribution in [3.05, 3.63) is 23.3 Å². The van der Waals surface area contributed by atoms with Gasteiger partial charge in [0.2, 0.25) is 0 Å². The molecule has 17 heavy (non-hydrogen) atoms. The van der Waals surface area contributed by atoms with Crippen molar-refractivity contribution in [2.24, 2.45) is 0 Å². The molecule has 0 radical (unpaired) electrons. The standard InChI is InChI=1S/C13H19NO3/c1-14-5-4-9-6-13(17-3)12(15)7-10(9)11(14)8-16-2/h6-7,11,15H,4-5,8H2,1-3H3. The number of fused-ring (bicyclic) bond motifs is 1. The summed E-state index contributed by atoms with van der Waals surface area (Å²) in [5.74, 6) is 0.743. The van der Waals surface area contributed by atoms with Gasteiger partial charge in [-0.3, -0.25) is 4.90 Å². The summed E-state index contributed by atoms with van der Waals surface area (Å²) in [6.45, 7) is 1.63. The predicted molar refractivity (Wildman–Crippen MR) is 65.6 cm³/mol. The van der Waals surface area contributed by atoms with E-state index in [4.69, 9.17) is 9.47 Å². The molecule has 0 amide bonds. The summed E-state index contributed by atoms with van der Waals surface area (Å²) in [6.07, 6.45) is 0.975. The minimum Gasteiger partial charge on any atom is -0.504 e. The van der Waals surface area contributed by atoms with Gasteiger partial charge in [-0.2, -0.15) is 0 Å². The van der Waals surface area contributed by atoms with Crippen molar-refractivity contribution in [3.8, 4) is 11.5 Å². The molecule has 1 atom stereocenters. The SMILES string of the molecule is COCC1c2cc(O)c(OC)cc2CCN1C. The first kappa shape index (κ1) is 12.2. The van der Waals surface area contributed by atoms with Gasteiger partial charge in [0.05, 0.1) is 19.8 Å². The Labute approximate surface area is 102 Å². The summed E-state index contributed by atoms with van der Waals surface area (Å²) in [5.41, 5.74) is 2.37. The Kier molecular flexibility index (Phi) is 3.54. The van der Waals surface area contributed by atoms with E-state index in [1.165, 1.54) is 5.56 Å². The summed E-state index contributed by atoms with van der Waals surface area (Å²) in [7, 11) is 5.35. The van der Waals surface area contributed by atoms with E-state index in [-0.39, 0.29) is 11.8 Å². The zero-order chi connectivity index (χ0) is 12.4. The van der Waals surface area contributed by atoms with E-state index in [1.54, 1.807) is 20.3 Å². The topological polar surface area (TPSA) is 41.9 Å². The molecule has 0 aliphatic carbocycles. The Balaban J connectivity index is 2.41. The number of likely N-dealkylation sites (N-methyl/N-ethyl adjacent to an activating group) is 1. The first-order valence-electron chi connectivity index (χ1n) is 5.76. The lowest BCUT2D eigenvalue weighted by atomic mass is 9.92. The molecule has 0 bridgehead atoms. The fraction of sp³-hybridized carbons (Fsp3) is 0.538. The quantitative estimate of drug-likeness (QED) is 0.866. The normalized spacial score (nSPS) is 20.1. The second-order valence-electron chi connectivity index (χ2n) is 4.42. The number of hydrogen-bond acceptors (Lipinski definition) is 4. The third kappa shape index (κ3) is 2.23. The lowest BCUT2D eigenvalue weighted by Crippen LogP contribution is -2.34. The number of ether oxygens (including phenoxy) is 2. The lowest BCUT2D eigenvalue weighted by molar-refractivity contribution is 0.100. The second-order valence-corrected chi connectivity index (χ2v) is 4.42. The molecule has 1 aromatic carbocycles. The zero-order valence-electron chi connectivity index (χ0n) is 10.6. The Morgan fingerprint density at radius 1 is 1.41 bits per heavy atom. The van der Waals surface area contributed by atoms with E-state index in [0.29, 0.717) is 12.4 Å². The monoisotopic (exact) mass is 237 g/mol. The van der Waals surface area contributed by atoms with Gasteiger partial charge in [-0.1, -0.05) is 0 Å². The highest BCUT2D eigenvalue weighted by Gasteiger charge is 2.26. The first-order valence-corrected chi connectivity index (χ1v) is 5.76. The van der Waals surface area contributed by atoms with Gasteiger partial charge in [0, 0.05) is 13.7 Å². The molecular formula is C13H19NO3. The summed E-state index contributed by atoms with van der Waals surface area (Å²) in [6, 6.07) is 3.94. The van der Waals surface area contributed by atoms with Crippen molar-refractivity contribution >= 4 is 0 Å². The molecule has 4 nitrogen and oxygen atoms in total. The highest BCUT2D eigenvalue weighted by molar-refractivity contribution is 5.48. The molecule has 0 fully saturated rings. The van der Waals surface area contributed by atoms with Gasteiger partial charge < -0.3 is 14.6 Å². The average molecular weight is 237 g/mol. The van der Waals surface area contributed by atoms with Gasteiger partial charge in [0.15, 0.2) is 11.5 Å². The zero-order valence-corrected chi connectivity index (χ0v) is 10.6. The number of benzene rings is 1. The maximum Gasteiger partial charge on any atom is 0.160 e. The molecule has 1 N–H and O–H groups in total. The fourth-order valence-corrected chi connectivity index (χ4v) is 2.38. The summed E-state index contributed by atoms with van der Waals surface area (Å²) >= 11 is 0. The van der Waals surface area contributed by atoms with E-state index in [1.807, 2.05) is 6.07 Å². The molecule has 1 heterocycles. The summed E-state index contributed by atoms with van der Waals surface area (Å²) in [5, 5.41) is 9.85. The highest BCUT2D eigenvalue weighted by atomic mass is 16.5. The number of phenols is 1. The first-order chi connectivity index (χ1) is 8.17. The van der Waals surface area contributed by atoms with Crippen LogP contribution in [0.5, 0.6) is 11.5 Å². The van der Waals surface area contributed by atoms with Crippen molar-refractivity contribution in [1.82, 2.24) is 4.90 Å². The van der Waals surface area contributed by atoms with Crippen LogP contribution in [0, 0.1) is 0 Å². The molecule has 0 aromatic heterocycles. The Bertz CT molecular complexity index is 406. The van der Waals surface area contributed by atoms with E-state index < -0.39 is 0 Å². The van der Waals surface area contributed by atoms with Crippen LogP contribution in [-0.2, 0) is 11.2 Å². The molecule has 0 saturated carbocycles. The van der Waals surface area contributed by atoms with Crippen molar-refractivity contribution in [3.63, 3.8) is 0 Å². The van der Waals surface area contributed by atoms with E-state index in [0.717, 1.165) is 18.5 Å². The number of phenolic OH excluding ortho intramolecular Hbond substituents is 1. The van der Waals surface area contributed by atoms with Crippen LogP contribution in [0.1, 0.15) is 17.2 Å². The Morgan fingerprint density at radius 3 is 2.82 bits per heavy atom. The minimum absolute atomic E-state index is 0.197. The van der Waals surface area contributed by atoms with Gasteiger partial charge in [0.25, 0.3) is 0 Å². The number of methoxy groups -OCH3 is 2. The van der Waals surface area contributed by atoms with E-state index in [2.05, 4.69) is 11.9 Å². The summed E-state index contributed by atoms with van der Waals surface area (Å²) < 4.78 is 10.4. The maximum absolute atomic E-state index is 9.85. The Hall–Kier alpha value is -1.26. The maximum atomic E-state index is 9.85. The van der Waals surface area contributed by atoms with Gasteiger partial charge in [-0.25, -0.2) is 0 Å². The van der Waals surface area contributed by atoms with Crippen LogP contribution in [0.3, 0.4) is 0 Å². The van der Waals surface area contributed by atoms with Crippen molar-refractivity contribution in [2.75, 3.05) is 34.4 Å². The molecule has 0 saturated heterocycles. The Morgan fingerprint density at radius 2 is 2.18 bits per heavy atom. The van der Waals surface area contributed by atoms with Crippen LogP contribution in [0.25, 0.3) is 0 Å². The number of hydrogen-bond donors (Lipinski definition) is 1. The number of rotatable bonds is 3. The van der Waals surface area contributed by atoms with Crippen molar-refractivity contribution < 1.29 is 14.6 Å². The lowest BCUT2D eigenvalue weighted by Gasteiger charge is -2.34. The molecule has 1 aliphatic rings. The number of nitrogens with zero attached hydrogens (tertiary/aromatic N) is 1. The molecule has 2 rings (SSSR count). The van der Waals surface area contributed by atoms with Crippen molar-refractivity contribution in [2.45, 2.75) is 12.5 Å². The van der Waals surface area contributed by atoms with Crippen LogP contribution >= 0.6 is 0 Å². The molecule has 1 aromatic rings. The van der Waals surface area contributed by atoms with Gasteiger partial charge in [-0.05, 0) is 36.7 Å². The fourth-order valence-electron chi connectivity index (χ4n) is 2.38. The number of aromatic hydroxyl groups is 1. The third-order valence-corrected chi connectivity index (χ3v) is 3.39. The average Bonchev–Trinajstić information content (AvgIpc) is 2.33. The molecular weight excluding hydrogens is 218 g/mol. The van der Waals surface area contributed by atoms with E-state index >= 15 is 0 Å². The van der Waals surface area contributed by atoms with E-state index in [9.17, 15) is 5.11 Å². The smallest absolute Gasteiger partial charge is 0.160 e. The third-order valence-electron chi connectivity index (χ3n) is 3.39. The molecule has 0 spiro atoms. The minimum atomic E-state index is 0.197. The summed E-state index contributed by atoms with van der Waals surface area (Å²) in [4.78, 5) is 2.25. The van der Waals surface area contributed by atoms with Crippen LogP contribution in [0.4, 0.5) is 0 Å². The van der Waals surface area contributed by atoms with Gasteiger partial charge in [-0.15, -0.1) is 0 Å². The molecule has 94 valence electrons.